The number of thioether (sulfide) groups is 1. The Hall–Kier alpha value is -0.870. The zero-order valence-corrected chi connectivity index (χ0v) is 11.6. The van der Waals surface area contributed by atoms with Gasteiger partial charge in [0, 0.05) is 30.3 Å². The van der Waals surface area contributed by atoms with Gasteiger partial charge in [-0.05, 0) is 25.2 Å². The molecule has 94 valence electrons. The smallest absolute Gasteiger partial charge is 0.178 e. The second kappa shape index (κ2) is 7.45. The van der Waals surface area contributed by atoms with Gasteiger partial charge in [0.1, 0.15) is 5.69 Å². The predicted octanol–water partition coefficient (Wildman–Crippen LogP) is 2.72. The number of nitrogens with zero attached hydrogens (tertiary/aromatic N) is 2. The monoisotopic (exact) mass is 252 g/mol. The third-order valence-electron chi connectivity index (χ3n) is 2.67. The second-order valence-electron chi connectivity index (χ2n) is 3.81. The predicted molar refractivity (Wildman–Crippen MR) is 72.8 cm³/mol. The van der Waals surface area contributed by atoms with Crippen LogP contribution in [-0.4, -0.2) is 41.1 Å². The molecule has 1 aromatic heterocycles. The third kappa shape index (κ3) is 4.88. The van der Waals surface area contributed by atoms with E-state index >= 15 is 0 Å². The van der Waals surface area contributed by atoms with Crippen molar-refractivity contribution in [2.45, 2.75) is 25.7 Å². The molecule has 0 radical (unpaired) electrons. The van der Waals surface area contributed by atoms with Crippen molar-refractivity contribution in [1.29, 1.82) is 0 Å². The van der Waals surface area contributed by atoms with E-state index < -0.39 is 0 Å². The molecule has 0 spiro atoms. The Kier molecular flexibility index (Phi) is 6.22. The molecule has 0 N–H and O–H groups in total. The van der Waals surface area contributed by atoms with E-state index in [0.717, 1.165) is 30.3 Å². The van der Waals surface area contributed by atoms with Crippen LogP contribution in [0, 0.1) is 0 Å². The summed E-state index contributed by atoms with van der Waals surface area (Å²) in [6, 6.07) is 3.76. The maximum atomic E-state index is 11.1. The number of carbonyl (C=O) groups excluding carboxylic acids is 1. The SMILES string of the molecule is CCN(CC)CCSc1ccc(C(C)=O)nc1. The molecule has 0 unspecified atom stereocenters. The van der Waals surface area contributed by atoms with Gasteiger partial charge in [0.05, 0.1) is 0 Å². The van der Waals surface area contributed by atoms with Crippen LogP contribution in [0.4, 0.5) is 0 Å². The lowest BCUT2D eigenvalue weighted by atomic mass is 10.3. The minimum Gasteiger partial charge on any atom is -0.303 e. The van der Waals surface area contributed by atoms with Crippen LogP contribution in [0.25, 0.3) is 0 Å². The first-order chi connectivity index (χ1) is 8.17. The summed E-state index contributed by atoms with van der Waals surface area (Å²) in [4.78, 5) is 18.7. The van der Waals surface area contributed by atoms with E-state index in [-0.39, 0.29) is 5.78 Å². The molecule has 3 nitrogen and oxygen atoms in total. The summed E-state index contributed by atoms with van der Waals surface area (Å²) < 4.78 is 0. The number of aromatic nitrogens is 1. The molecule has 0 aromatic carbocycles. The first-order valence-electron chi connectivity index (χ1n) is 5.99. The van der Waals surface area contributed by atoms with E-state index in [4.69, 9.17) is 0 Å². The fraction of sp³-hybridized carbons (Fsp3) is 0.538. The lowest BCUT2D eigenvalue weighted by Gasteiger charge is -2.17. The Bertz CT molecular complexity index is 347. The fourth-order valence-electron chi connectivity index (χ4n) is 1.51. The fourth-order valence-corrected chi connectivity index (χ4v) is 2.38. The molecule has 0 amide bonds. The average Bonchev–Trinajstić information content (AvgIpc) is 2.35. The number of hydrogen-bond donors (Lipinski definition) is 0. The van der Waals surface area contributed by atoms with E-state index in [1.807, 2.05) is 6.07 Å². The summed E-state index contributed by atoms with van der Waals surface area (Å²) in [6.45, 7) is 9.17. The molecule has 0 aliphatic rings. The maximum Gasteiger partial charge on any atom is 0.178 e. The third-order valence-corrected chi connectivity index (χ3v) is 3.63. The molecule has 0 saturated heterocycles. The van der Waals surface area contributed by atoms with Crippen LogP contribution in [0.2, 0.25) is 0 Å². The topological polar surface area (TPSA) is 33.2 Å². The van der Waals surface area contributed by atoms with Crippen molar-refractivity contribution in [3.05, 3.63) is 24.0 Å². The highest BCUT2D eigenvalue weighted by atomic mass is 32.2. The zero-order chi connectivity index (χ0) is 12.7. The van der Waals surface area contributed by atoms with Gasteiger partial charge in [0.25, 0.3) is 0 Å². The van der Waals surface area contributed by atoms with E-state index in [1.54, 1.807) is 24.0 Å². The average molecular weight is 252 g/mol. The molecular formula is C13H20N2OS. The highest BCUT2D eigenvalue weighted by molar-refractivity contribution is 7.99. The maximum absolute atomic E-state index is 11.1. The van der Waals surface area contributed by atoms with E-state index in [1.165, 1.54) is 6.92 Å². The van der Waals surface area contributed by atoms with Gasteiger partial charge in [0.15, 0.2) is 5.78 Å². The van der Waals surface area contributed by atoms with Gasteiger partial charge >= 0.3 is 0 Å². The highest BCUT2D eigenvalue weighted by Crippen LogP contribution is 2.16. The molecular weight excluding hydrogens is 232 g/mol. The Morgan fingerprint density at radius 2 is 2.06 bits per heavy atom. The first kappa shape index (κ1) is 14.2. The summed E-state index contributed by atoms with van der Waals surface area (Å²) in [5.41, 5.74) is 0.540. The van der Waals surface area contributed by atoms with Crippen molar-refractivity contribution in [3.8, 4) is 0 Å². The zero-order valence-electron chi connectivity index (χ0n) is 10.8. The normalized spacial score (nSPS) is 10.8. The van der Waals surface area contributed by atoms with E-state index in [2.05, 4.69) is 23.7 Å². The Balaban J connectivity index is 2.39. The molecule has 0 aliphatic heterocycles. The largest absolute Gasteiger partial charge is 0.303 e. The minimum absolute atomic E-state index is 0.0182. The number of pyridine rings is 1. The van der Waals surface area contributed by atoms with Gasteiger partial charge in [-0.1, -0.05) is 13.8 Å². The molecule has 0 atom stereocenters. The molecule has 17 heavy (non-hydrogen) atoms. The van der Waals surface area contributed by atoms with E-state index in [9.17, 15) is 4.79 Å². The Labute approximate surface area is 108 Å². The van der Waals surface area contributed by atoms with Crippen LogP contribution in [0.15, 0.2) is 23.2 Å². The van der Waals surface area contributed by atoms with Crippen LogP contribution in [0.5, 0.6) is 0 Å². The molecule has 1 heterocycles. The Morgan fingerprint density at radius 1 is 1.35 bits per heavy atom. The standard InChI is InChI=1S/C13H20N2OS/c1-4-15(5-2)8-9-17-12-6-7-13(11(3)16)14-10-12/h6-7,10H,4-5,8-9H2,1-3H3. The molecule has 1 rings (SSSR count). The van der Waals surface area contributed by atoms with Crippen molar-refractivity contribution in [3.63, 3.8) is 0 Å². The van der Waals surface area contributed by atoms with Gasteiger partial charge in [-0.3, -0.25) is 9.78 Å². The molecule has 0 aliphatic carbocycles. The summed E-state index contributed by atoms with van der Waals surface area (Å²) in [7, 11) is 0. The van der Waals surface area contributed by atoms with Crippen molar-refractivity contribution in [2.24, 2.45) is 0 Å². The lowest BCUT2D eigenvalue weighted by molar-refractivity contribution is 0.101. The molecule has 0 fully saturated rings. The van der Waals surface area contributed by atoms with Crippen LogP contribution in [0.1, 0.15) is 31.3 Å². The van der Waals surface area contributed by atoms with Crippen molar-refractivity contribution >= 4 is 17.5 Å². The van der Waals surface area contributed by atoms with Gasteiger partial charge in [-0.15, -0.1) is 11.8 Å². The number of ketones is 1. The summed E-state index contributed by atoms with van der Waals surface area (Å²) >= 11 is 1.78. The highest BCUT2D eigenvalue weighted by Gasteiger charge is 2.02. The number of rotatable bonds is 7. The van der Waals surface area contributed by atoms with Gasteiger partial charge in [0.2, 0.25) is 0 Å². The number of Topliss-reactive ketones (excluding diaryl/α,β-unsaturated/α-hetero) is 1. The van der Waals surface area contributed by atoms with Crippen LogP contribution in [-0.2, 0) is 0 Å². The molecule has 1 aromatic rings. The lowest BCUT2D eigenvalue weighted by Crippen LogP contribution is -2.25. The summed E-state index contributed by atoms with van der Waals surface area (Å²) in [5, 5.41) is 0. The number of carbonyl (C=O) groups is 1. The van der Waals surface area contributed by atoms with Gasteiger partial charge in [-0.25, -0.2) is 0 Å². The quantitative estimate of drug-likeness (QED) is 0.552. The number of hydrogen-bond acceptors (Lipinski definition) is 4. The van der Waals surface area contributed by atoms with Crippen molar-refractivity contribution < 1.29 is 4.79 Å². The summed E-state index contributed by atoms with van der Waals surface area (Å²) in [5.74, 6) is 1.08. The molecule has 0 saturated carbocycles. The van der Waals surface area contributed by atoms with Gasteiger partial charge in [-0.2, -0.15) is 0 Å². The van der Waals surface area contributed by atoms with E-state index in [0.29, 0.717) is 5.69 Å². The van der Waals surface area contributed by atoms with Crippen LogP contribution >= 0.6 is 11.8 Å². The van der Waals surface area contributed by atoms with Gasteiger partial charge < -0.3 is 4.90 Å². The first-order valence-corrected chi connectivity index (χ1v) is 6.98. The van der Waals surface area contributed by atoms with Crippen molar-refractivity contribution in [1.82, 2.24) is 9.88 Å². The van der Waals surface area contributed by atoms with Crippen molar-refractivity contribution in [2.75, 3.05) is 25.4 Å². The van der Waals surface area contributed by atoms with Crippen LogP contribution in [0.3, 0.4) is 0 Å². The molecule has 0 bridgehead atoms. The minimum atomic E-state index is 0.0182. The summed E-state index contributed by atoms with van der Waals surface area (Å²) in [6.07, 6.45) is 1.78. The Morgan fingerprint density at radius 3 is 2.53 bits per heavy atom. The second-order valence-corrected chi connectivity index (χ2v) is 4.98. The van der Waals surface area contributed by atoms with Crippen LogP contribution < -0.4 is 0 Å². The molecule has 4 heteroatoms.